The Hall–Kier alpha value is -3.32. The van der Waals surface area contributed by atoms with E-state index in [0.29, 0.717) is 0 Å². The highest BCUT2D eigenvalue weighted by atomic mass is 16.9. The molecule has 0 amide bonds. The van der Waals surface area contributed by atoms with Gasteiger partial charge >= 0.3 is 35.8 Å². The van der Waals surface area contributed by atoms with Gasteiger partial charge in [0.2, 0.25) is 5.41 Å². The van der Waals surface area contributed by atoms with Crippen LogP contribution in [0, 0.1) is 5.41 Å². The number of carbonyl (C=O) groups is 4. The van der Waals surface area contributed by atoms with E-state index in [9.17, 15) is 39.6 Å². The molecule has 0 fully saturated rings. The van der Waals surface area contributed by atoms with Crippen molar-refractivity contribution in [2.75, 3.05) is 13.2 Å². The van der Waals surface area contributed by atoms with E-state index in [2.05, 4.69) is 26.3 Å². The lowest BCUT2D eigenvalue weighted by molar-refractivity contribution is -0.482. The molecule has 0 spiro atoms. The second kappa shape index (κ2) is 11.0. The topological polar surface area (TPSA) is 186 Å². The van der Waals surface area contributed by atoms with Gasteiger partial charge < -0.3 is 39.4 Å². The zero-order valence-electron chi connectivity index (χ0n) is 18.8. The summed E-state index contributed by atoms with van der Waals surface area (Å²) in [7, 11) is 0. The van der Waals surface area contributed by atoms with Crippen LogP contribution in [0.1, 0.15) is 27.7 Å². The number of ether oxygens (including phenoxy) is 4. The van der Waals surface area contributed by atoms with Gasteiger partial charge in [0.15, 0.2) is 0 Å². The summed E-state index contributed by atoms with van der Waals surface area (Å²) < 4.78 is 18.9. The molecule has 0 radical (unpaired) electrons. The van der Waals surface area contributed by atoms with E-state index >= 15 is 0 Å². The number of hydrogen-bond donors (Lipinski definition) is 4. The summed E-state index contributed by atoms with van der Waals surface area (Å²) in [5, 5.41) is 42.5. The molecule has 0 atom stereocenters. The molecule has 184 valence electrons. The SMILES string of the molecule is C=C(C)C(=O)OC(O)(OC(=O)C(=C)C)C(CO)(CO)C(O)(OC(=O)C(=C)C)OC(=O)C(=C)C. The Kier molecular flexibility index (Phi) is 9.90. The molecule has 0 aromatic heterocycles. The minimum absolute atomic E-state index is 0.369. The largest absolute Gasteiger partial charge is 0.395 e. The Morgan fingerprint density at radius 2 is 0.758 bits per heavy atom. The summed E-state index contributed by atoms with van der Waals surface area (Å²) in [5.74, 6) is -13.4. The summed E-state index contributed by atoms with van der Waals surface area (Å²) in [6.07, 6.45) is 0. The third-order valence-corrected chi connectivity index (χ3v) is 4.07. The van der Waals surface area contributed by atoms with Crippen molar-refractivity contribution in [1.82, 2.24) is 0 Å². The monoisotopic (exact) mass is 472 g/mol. The van der Waals surface area contributed by atoms with Crippen molar-refractivity contribution < 1.29 is 58.6 Å². The maximum atomic E-state index is 12.2. The number of esters is 4. The fraction of sp³-hybridized carbons (Fsp3) is 0.429. The average molecular weight is 472 g/mol. The van der Waals surface area contributed by atoms with Gasteiger partial charge in [0.1, 0.15) is 0 Å². The Labute approximate surface area is 190 Å². The van der Waals surface area contributed by atoms with Crippen molar-refractivity contribution in [2.24, 2.45) is 5.41 Å². The van der Waals surface area contributed by atoms with Gasteiger partial charge in [-0.2, -0.15) is 0 Å². The molecule has 0 aliphatic rings. The number of carbonyl (C=O) groups excluding carboxylic acids is 4. The molecule has 12 heteroatoms. The molecule has 0 saturated heterocycles. The summed E-state index contributed by atoms with van der Waals surface area (Å²) in [6.45, 7) is 14.2. The van der Waals surface area contributed by atoms with E-state index in [1.165, 1.54) is 0 Å². The van der Waals surface area contributed by atoms with E-state index in [1.54, 1.807) is 0 Å². The first-order valence-corrected chi connectivity index (χ1v) is 9.15. The standard InChI is InChI=1S/C21H28O12/c1-11(2)15(24)30-20(28,31-16(25)12(3)4)19(9-22,10-23)21(29,32-17(26)13(5)6)33-18(27)14(7)8/h22-23,28-29H,1,3,5,7,9-10H2,2,4,6,8H3. The van der Waals surface area contributed by atoms with Gasteiger partial charge in [-0.3, -0.25) is 0 Å². The third kappa shape index (κ3) is 6.35. The number of aliphatic hydroxyl groups excluding tert-OH is 2. The normalized spacial score (nSPS) is 11.6. The van der Waals surface area contributed by atoms with Gasteiger partial charge in [-0.25, -0.2) is 19.2 Å². The van der Waals surface area contributed by atoms with E-state index < -0.39 is 54.5 Å². The first kappa shape index (κ1) is 29.7. The molecule has 0 aliphatic carbocycles. The third-order valence-electron chi connectivity index (χ3n) is 4.07. The smallest absolute Gasteiger partial charge is 0.395 e. The van der Waals surface area contributed by atoms with Crippen molar-refractivity contribution in [3.8, 4) is 0 Å². The van der Waals surface area contributed by atoms with Crippen LogP contribution in [-0.4, -0.2) is 69.5 Å². The number of rotatable bonds is 12. The zero-order valence-corrected chi connectivity index (χ0v) is 18.8. The van der Waals surface area contributed by atoms with Crippen LogP contribution in [0.4, 0.5) is 0 Å². The fourth-order valence-corrected chi connectivity index (χ4v) is 1.93. The number of aliphatic hydroxyl groups is 4. The maximum absolute atomic E-state index is 12.2. The lowest BCUT2D eigenvalue weighted by Crippen LogP contribution is -2.71. The molecule has 0 unspecified atom stereocenters. The zero-order chi connectivity index (χ0) is 26.4. The van der Waals surface area contributed by atoms with Crippen LogP contribution in [0.15, 0.2) is 48.6 Å². The van der Waals surface area contributed by atoms with E-state index in [-0.39, 0.29) is 22.3 Å². The van der Waals surface area contributed by atoms with Crippen LogP contribution in [0.25, 0.3) is 0 Å². The molecule has 0 heterocycles. The molecule has 0 rings (SSSR count). The maximum Gasteiger partial charge on any atom is 0.395 e. The molecule has 0 bridgehead atoms. The lowest BCUT2D eigenvalue weighted by atomic mass is 9.82. The highest BCUT2D eigenvalue weighted by molar-refractivity contribution is 5.90. The first-order valence-electron chi connectivity index (χ1n) is 9.15. The highest BCUT2D eigenvalue weighted by Gasteiger charge is 2.74. The number of hydrogen-bond acceptors (Lipinski definition) is 12. The lowest BCUT2D eigenvalue weighted by Gasteiger charge is -2.47. The van der Waals surface area contributed by atoms with Crippen molar-refractivity contribution in [2.45, 2.75) is 39.6 Å². The molecule has 0 aliphatic heterocycles. The van der Waals surface area contributed by atoms with Gasteiger partial charge in [0, 0.05) is 22.3 Å². The van der Waals surface area contributed by atoms with Crippen molar-refractivity contribution >= 4 is 23.9 Å². The summed E-state index contributed by atoms with van der Waals surface area (Å²) in [5.41, 5.74) is -4.83. The van der Waals surface area contributed by atoms with Crippen molar-refractivity contribution in [3.63, 3.8) is 0 Å². The van der Waals surface area contributed by atoms with E-state index in [4.69, 9.17) is 18.9 Å². The molecule has 0 aromatic rings. The van der Waals surface area contributed by atoms with Gasteiger partial charge in [-0.05, 0) is 27.7 Å². The average Bonchev–Trinajstić information content (AvgIpc) is 2.68. The summed E-state index contributed by atoms with van der Waals surface area (Å²) >= 11 is 0. The minimum atomic E-state index is -3.83. The van der Waals surface area contributed by atoms with Crippen molar-refractivity contribution in [3.05, 3.63) is 48.6 Å². The molecular weight excluding hydrogens is 444 g/mol. The van der Waals surface area contributed by atoms with Crippen LogP contribution in [-0.2, 0) is 38.1 Å². The van der Waals surface area contributed by atoms with Crippen LogP contribution in [0.2, 0.25) is 0 Å². The predicted octanol–water partition coefficient (Wildman–Crippen LogP) is -0.273. The van der Waals surface area contributed by atoms with Crippen LogP contribution in [0.5, 0.6) is 0 Å². The molecular formula is C21H28O12. The van der Waals surface area contributed by atoms with Gasteiger partial charge in [0.25, 0.3) is 0 Å². The molecule has 0 aromatic carbocycles. The Morgan fingerprint density at radius 1 is 0.576 bits per heavy atom. The molecule has 4 N–H and O–H groups in total. The highest BCUT2D eigenvalue weighted by Crippen LogP contribution is 2.46. The second-order valence-electron chi connectivity index (χ2n) is 7.24. The molecule has 12 nitrogen and oxygen atoms in total. The molecule has 0 saturated carbocycles. The molecule has 33 heavy (non-hydrogen) atoms. The first-order chi connectivity index (χ1) is 14.9. The predicted molar refractivity (Wildman–Crippen MR) is 110 cm³/mol. The second-order valence-corrected chi connectivity index (χ2v) is 7.24. The summed E-state index contributed by atoms with van der Waals surface area (Å²) in [4.78, 5) is 48.8. The van der Waals surface area contributed by atoms with E-state index in [0.717, 1.165) is 27.7 Å². The van der Waals surface area contributed by atoms with Gasteiger partial charge in [-0.1, -0.05) is 26.3 Å². The Balaban J connectivity index is 7.19. The van der Waals surface area contributed by atoms with Crippen LogP contribution < -0.4 is 0 Å². The Bertz CT molecular complexity index is 754. The van der Waals surface area contributed by atoms with E-state index in [1.807, 2.05) is 0 Å². The van der Waals surface area contributed by atoms with Crippen molar-refractivity contribution in [1.29, 1.82) is 0 Å². The van der Waals surface area contributed by atoms with Gasteiger partial charge in [0.05, 0.1) is 13.2 Å². The minimum Gasteiger partial charge on any atom is -0.395 e. The quantitative estimate of drug-likeness (QED) is 0.166. The van der Waals surface area contributed by atoms with Crippen LogP contribution in [0.3, 0.4) is 0 Å². The Morgan fingerprint density at radius 3 is 0.879 bits per heavy atom. The summed E-state index contributed by atoms with van der Waals surface area (Å²) in [6, 6.07) is 0. The van der Waals surface area contributed by atoms with Crippen LogP contribution >= 0.6 is 0 Å². The van der Waals surface area contributed by atoms with Gasteiger partial charge in [-0.15, -0.1) is 0 Å². The fourth-order valence-electron chi connectivity index (χ4n) is 1.93.